The van der Waals surface area contributed by atoms with Crippen LogP contribution >= 0.6 is 11.6 Å². The van der Waals surface area contributed by atoms with Crippen LogP contribution in [0.2, 0.25) is 5.15 Å². The van der Waals surface area contributed by atoms with Crippen molar-refractivity contribution in [2.24, 2.45) is 0 Å². The third-order valence-corrected chi connectivity index (χ3v) is 2.32. The highest BCUT2D eigenvalue weighted by Crippen LogP contribution is 2.26. The first-order chi connectivity index (χ1) is 8.58. The van der Waals surface area contributed by atoms with E-state index in [0.29, 0.717) is 0 Å². The molecule has 0 saturated heterocycles. The van der Waals surface area contributed by atoms with Crippen molar-refractivity contribution in [2.75, 3.05) is 5.32 Å². The predicted molar refractivity (Wildman–Crippen MR) is 64.8 cm³/mol. The maximum absolute atomic E-state index is 11.8. The van der Waals surface area contributed by atoms with Crippen LogP contribution in [-0.4, -0.2) is 26.3 Å². The van der Waals surface area contributed by atoms with E-state index >= 15 is 0 Å². The lowest BCUT2D eigenvalue weighted by Gasteiger charge is -2.07. The molecule has 18 heavy (non-hydrogen) atoms. The van der Waals surface area contributed by atoms with Gasteiger partial charge >= 0.3 is 0 Å². The SMILES string of the molecule is O=C(Nc1ccc(Cl)nn1)c1c(O)cccc1O. The number of phenols is 2. The molecule has 0 saturated carbocycles. The minimum Gasteiger partial charge on any atom is -0.507 e. The van der Waals surface area contributed by atoms with Crippen molar-refractivity contribution in [3.05, 3.63) is 41.0 Å². The van der Waals surface area contributed by atoms with Gasteiger partial charge in [0.15, 0.2) is 11.0 Å². The number of benzene rings is 1. The lowest BCUT2D eigenvalue weighted by molar-refractivity contribution is 0.102. The average Bonchev–Trinajstić information content (AvgIpc) is 2.32. The highest BCUT2D eigenvalue weighted by molar-refractivity contribution is 6.29. The lowest BCUT2D eigenvalue weighted by atomic mass is 10.1. The molecule has 2 aromatic rings. The van der Waals surface area contributed by atoms with Crippen molar-refractivity contribution in [2.45, 2.75) is 0 Å². The summed E-state index contributed by atoms with van der Waals surface area (Å²) < 4.78 is 0. The number of aromatic nitrogens is 2. The van der Waals surface area contributed by atoms with Crippen molar-refractivity contribution in [3.8, 4) is 11.5 Å². The van der Waals surface area contributed by atoms with E-state index in [1.807, 2.05) is 0 Å². The summed E-state index contributed by atoms with van der Waals surface area (Å²) in [7, 11) is 0. The van der Waals surface area contributed by atoms with Crippen LogP contribution in [-0.2, 0) is 0 Å². The minimum absolute atomic E-state index is 0.159. The average molecular weight is 266 g/mol. The molecule has 0 aliphatic rings. The number of halogens is 1. The Morgan fingerprint density at radius 1 is 1.11 bits per heavy atom. The van der Waals surface area contributed by atoms with E-state index in [2.05, 4.69) is 15.5 Å². The Bertz CT molecular complexity index is 566. The molecule has 0 aliphatic heterocycles. The zero-order chi connectivity index (χ0) is 13.1. The molecule has 1 amide bonds. The van der Waals surface area contributed by atoms with Gasteiger partial charge in [-0.2, -0.15) is 0 Å². The van der Waals surface area contributed by atoms with Crippen molar-refractivity contribution >= 4 is 23.3 Å². The maximum Gasteiger partial charge on any atom is 0.264 e. The van der Waals surface area contributed by atoms with Gasteiger partial charge in [-0.05, 0) is 24.3 Å². The fourth-order valence-corrected chi connectivity index (χ4v) is 1.42. The van der Waals surface area contributed by atoms with Crippen LogP contribution in [0.5, 0.6) is 11.5 Å². The quantitative estimate of drug-likeness (QED) is 0.769. The first kappa shape index (κ1) is 12.1. The van der Waals surface area contributed by atoms with E-state index in [-0.39, 0.29) is 28.0 Å². The van der Waals surface area contributed by atoms with Crippen molar-refractivity contribution in [3.63, 3.8) is 0 Å². The van der Waals surface area contributed by atoms with Gasteiger partial charge in [-0.25, -0.2) is 0 Å². The molecule has 1 heterocycles. The Morgan fingerprint density at radius 2 is 1.78 bits per heavy atom. The Balaban J connectivity index is 2.25. The fraction of sp³-hybridized carbons (Fsp3) is 0. The monoisotopic (exact) mass is 265 g/mol. The first-order valence-corrected chi connectivity index (χ1v) is 5.27. The van der Waals surface area contributed by atoms with Gasteiger partial charge in [0.05, 0.1) is 0 Å². The molecule has 1 aromatic heterocycles. The van der Waals surface area contributed by atoms with E-state index in [0.717, 1.165) is 0 Å². The highest BCUT2D eigenvalue weighted by atomic mass is 35.5. The smallest absolute Gasteiger partial charge is 0.264 e. The number of phenolic OH excluding ortho intramolecular Hbond substituents is 2. The first-order valence-electron chi connectivity index (χ1n) is 4.89. The Hall–Kier alpha value is -2.34. The van der Waals surface area contributed by atoms with Gasteiger partial charge in [0.1, 0.15) is 17.1 Å². The number of anilines is 1. The number of hydrogen-bond acceptors (Lipinski definition) is 5. The summed E-state index contributed by atoms with van der Waals surface area (Å²) in [6, 6.07) is 6.91. The van der Waals surface area contributed by atoms with E-state index < -0.39 is 5.91 Å². The molecule has 6 nitrogen and oxygen atoms in total. The second-order valence-corrected chi connectivity index (χ2v) is 3.75. The molecule has 0 bridgehead atoms. The van der Waals surface area contributed by atoms with Gasteiger partial charge in [-0.15, -0.1) is 10.2 Å². The number of nitrogens with one attached hydrogen (secondary N) is 1. The van der Waals surface area contributed by atoms with E-state index in [4.69, 9.17) is 11.6 Å². The molecule has 0 radical (unpaired) electrons. The molecule has 3 N–H and O–H groups in total. The molecule has 0 atom stereocenters. The Labute approximate surface area is 107 Å². The number of carbonyl (C=O) groups excluding carboxylic acids is 1. The summed E-state index contributed by atoms with van der Waals surface area (Å²) in [6.45, 7) is 0. The molecule has 2 rings (SSSR count). The molecule has 92 valence electrons. The summed E-state index contributed by atoms with van der Waals surface area (Å²) in [5, 5.41) is 28.8. The molecule has 0 fully saturated rings. The van der Waals surface area contributed by atoms with Gasteiger partial charge in [0, 0.05) is 0 Å². The topological polar surface area (TPSA) is 95.3 Å². The van der Waals surface area contributed by atoms with Gasteiger partial charge in [0.2, 0.25) is 0 Å². The largest absolute Gasteiger partial charge is 0.507 e. The summed E-state index contributed by atoms with van der Waals surface area (Å²) in [5.41, 5.74) is -0.228. The molecule has 7 heteroatoms. The number of amides is 1. The highest BCUT2D eigenvalue weighted by Gasteiger charge is 2.16. The molecular weight excluding hydrogens is 258 g/mol. The fourth-order valence-electron chi connectivity index (χ4n) is 1.32. The molecule has 0 aliphatic carbocycles. The van der Waals surface area contributed by atoms with Gasteiger partial charge < -0.3 is 15.5 Å². The number of carbonyl (C=O) groups is 1. The summed E-state index contributed by atoms with van der Waals surface area (Å²) in [5.74, 6) is -1.18. The lowest BCUT2D eigenvalue weighted by Crippen LogP contribution is -2.13. The third kappa shape index (κ3) is 2.49. The maximum atomic E-state index is 11.8. The second-order valence-electron chi connectivity index (χ2n) is 3.37. The Kier molecular flexibility index (Phi) is 3.29. The number of rotatable bonds is 2. The summed E-state index contributed by atoms with van der Waals surface area (Å²) >= 11 is 5.55. The Morgan fingerprint density at radius 3 is 2.33 bits per heavy atom. The minimum atomic E-state index is -0.692. The van der Waals surface area contributed by atoms with E-state index in [1.54, 1.807) is 0 Å². The van der Waals surface area contributed by atoms with Crippen LogP contribution in [0, 0.1) is 0 Å². The zero-order valence-electron chi connectivity index (χ0n) is 8.96. The predicted octanol–water partition coefficient (Wildman–Crippen LogP) is 1.79. The second kappa shape index (κ2) is 4.89. The summed E-state index contributed by atoms with van der Waals surface area (Å²) in [4.78, 5) is 11.8. The molecule has 1 aromatic carbocycles. The van der Waals surface area contributed by atoms with Crippen molar-refractivity contribution < 1.29 is 15.0 Å². The number of aromatic hydroxyl groups is 2. The normalized spacial score (nSPS) is 10.1. The van der Waals surface area contributed by atoms with E-state index in [9.17, 15) is 15.0 Å². The van der Waals surface area contributed by atoms with Crippen LogP contribution in [0.25, 0.3) is 0 Å². The van der Waals surface area contributed by atoms with Gasteiger partial charge in [-0.1, -0.05) is 17.7 Å². The van der Waals surface area contributed by atoms with Crippen molar-refractivity contribution in [1.82, 2.24) is 10.2 Å². The zero-order valence-corrected chi connectivity index (χ0v) is 9.72. The third-order valence-electron chi connectivity index (χ3n) is 2.12. The van der Waals surface area contributed by atoms with Crippen LogP contribution in [0.3, 0.4) is 0 Å². The van der Waals surface area contributed by atoms with Gasteiger partial charge in [0.25, 0.3) is 5.91 Å². The molecule has 0 spiro atoms. The molecular formula is C11H8ClN3O3. The number of nitrogens with zero attached hydrogens (tertiary/aromatic N) is 2. The molecule has 0 unspecified atom stereocenters. The van der Waals surface area contributed by atoms with Crippen LogP contribution in [0.15, 0.2) is 30.3 Å². The van der Waals surface area contributed by atoms with E-state index in [1.165, 1.54) is 30.3 Å². The van der Waals surface area contributed by atoms with Crippen LogP contribution < -0.4 is 5.32 Å². The van der Waals surface area contributed by atoms with Gasteiger partial charge in [-0.3, -0.25) is 4.79 Å². The van der Waals surface area contributed by atoms with Crippen molar-refractivity contribution in [1.29, 1.82) is 0 Å². The summed E-state index contributed by atoms with van der Waals surface area (Å²) in [6.07, 6.45) is 0. The van der Waals surface area contributed by atoms with Crippen LogP contribution in [0.1, 0.15) is 10.4 Å². The van der Waals surface area contributed by atoms with Crippen LogP contribution in [0.4, 0.5) is 5.82 Å². The standard InChI is InChI=1S/C11H8ClN3O3/c12-8-4-5-9(15-14-8)13-11(18)10-6(16)2-1-3-7(10)17/h1-5,16-17H,(H,13,15,18). The number of hydrogen-bond donors (Lipinski definition) is 3.